The molecule has 0 fully saturated rings. The Bertz CT molecular complexity index is 610. The molecule has 0 amide bonds. The zero-order valence-corrected chi connectivity index (χ0v) is 10.2. The second-order valence-electron chi connectivity index (χ2n) is 4.23. The first-order valence-corrected chi connectivity index (χ1v) is 5.91. The van der Waals surface area contributed by atoms with E-state index in [9.17, 15) is 10.1 Å². The molecule has 0 aliphatic heterocycles. The molecule has 2 aromatic carbocycles. The fraction of sp³-hybridized carbons (Fsp3) is 0.133. The van der Waals surface area contributed by atoms with Crippen molar-refractivity contribution in [2.75, 3.05) is 0 Å². The molecule has 0 saturated carbocycles. The van der Waals surface area contributed by atoms with Crippen molar-refractivity contribution >= 4 is 5.69 Å². The topological polar surface area (TPSA) is 66.9 Å². The minimum atomic E-state index is -0.398. The van der Waals surface area contributed by atoms with Crippen LogP contribution in [-0.4, -0.2) is 4.92 Å². The van der Waals surface area contributed by atoms with Gasteiger partial charge < -0.3 is 0 Å². The van der Waals surface area contributed by atoms with Crippen LogP contribution in [0.15, 0.2) is 48.5 Å². The fourth-order valence-electron chi connectivity index (χ4n) is 1.82. The SMILES string of the molecule is N#Cc1ccc(CCc2ccc([N+](=O)[O-])cc2)cc1. The van der Waals surface area contributed by atoms with Crippen molar-refractivity contribution < 1.29 is 4.92 Å². The van der Waals surface area contributed by atoms with E-state index in [1.54, 1.807) is 24.3 Å². The van der Waals surface area contributed by atoms with Crippen molar-refractivity contribution in [3.05, 3.63) is 75.3 Å². The molecule has 19 heavy (non-hydrogen) atoms. The fourth-order valence-corrected chi connectivity index (χ4v) is 1.82. The Morgan fingerprint density at radius 3 is 1.84 bits per heavy atom. The summed E-state index contributed by atoms with van der Waals surface area (Å²) in [6, 6.07) is 16.1. The van der Waals surface area contributed by atoms with Crippen LogP contribution in [0.1, 0.15) is 16.7 Å². The molecule has 0 N–H and O–H groups in total. The van der Waals surface area contributed by atoms with Crippen LogP contribution in [0.2, 0.25) is 0 Å². The van der Waals surface area contributed by atoms with Crippen LogP contribution in [0.25, 0.3) is 0 Å². The Balaban J connectivity index is 1.98. The van der Waals surface area contributed by atoms with Gasteiger partial charge in [0.05, 0.1) is 16.6 Å². The summed E-state index contributed by atoms with van der Waals surface area (Å²) in [7, 11) is 0. The molecule has 0 spiro atoms. The third-order valence-electron chi connectivity index (χ3n) is 2.93. The summed E-state index contributed by atoms with van der Waals surface area (Å²) in [5, 5.41) is 19.2. The van der Waals surface area contributed by atoms with Gasteiger partial charge in [0.15, 0.2) is 0 Å². The summed E-state index contributed by atoms with van der Waals surface area (Å²) in [5.41, 5.74) is 2.98. The van der Waals surface area contributed by atoms with Crippen molar-refractivity contribution in [1.82, 2.24) is 0 Å². The monoisotopic (exact) mass is 252 g/mol. The highest BCUT2D eigenvalue weighted by molar-refractivity contribution is 5.34. The summed E-state index contributed by atoms with van der Waals surface area (Å²) >= 11 is 0. The molecule has 0 aromatic heterocycles. The van der Waals surface area contributed by atoms with Crippen molar-refractivity contribution in [3.8, 4) is 6.07 Å². The molecule has 4 heteroatoms. The number of hydrogen-bond acceptors (Lipinski definition) is 3. The second kappa shape index (κ2) is 5.78. The Labute approximate surface area is 111 Å². The molecule has 0 aliphatic rings. The molecule has 0 bridgehead atoms. The quantitative estimate of drug-likeness (QED) is 0.619. The van der Waals surface area contributed by atoms with E-state index in [0.717, 1.165) is 24.0 Å². The van der Waals surface area contributed by atoms with Crippen LogP contribution in [0.3, 0.4) is 0 Å². The normalized spacial score (nSPS) is 9.84. The van der Waals surface area contributed by atoms with Crippen molar-refractivity contribution in [3.63, 3.8) is 0 Å². The Kier molecular flexibility index (Phi) is 3.89. The number of non-ortho nitro benzene ring substituents is 1. The van der Waals surface area contributed by atoms with E-state index in [2.05, 4.69) is 6.07 Å². The van der Waals surface area contributed by atoms with Gasteiger partial charge in [-0.1, -0.05) is 24.3 Å². The van der Waals surface area contributed by atoms with E-state index < -0.39 is 4.92 Å². The van der Waals surface area contributed by atoms with E-state index in [1.807, 2.05) is 12.1 Å². The average molecular weight is 252 g/mol. The minimum absolute atomic E-state index is 0.113. The molecule has 0 radical (unpaired) electrons. The van der Waals surface area contributed by atoms with E-state index >= 15 is 0 Å². The molecule has 0 heterocycles. The van der Waals surface area contributed by atoms with Crippen molar-refractivity contribution in [2.45, 2.75) is 12.8 Å². The first kappa shape index (κ1) is 12.8. The number of nitriles is 1. The van der Waals surface area contributed by atoms with Gasteiger partial charge in [0.25, 0.3) is 5.69 Å². The van der Waals surface area contributed by atoms with Crippen LogP contribution in [0.5, 0.6) is 0 Å². The van der Waals surface area contributed by atoms with E-state index in [4.69, 9.17) is 5.26 Å². The van der Waals surface area contributed by atoms with Gasteiger partial charge in [-0.25, -0.2) is 0 Å². The number of nitro benzene ring substituents is 1. The number of benzene rings is 2. The lowest BCUT2D eigenvalue weighted by Gasteiger charge is -2.02. The van der Waals surface area contributed by atoms with Gasteiger partial charge in [-0.2, -0.15) is 5.26 Å². The highest BCUT2D eigenvalue weighted by Gasteiger charge is 2.04. The number of rotatable bonds is 4. The van der Waals surface area contributed by atoms with Crippen LogP contribution < -0.4 is 0 Å². The van der Waals surface area contributed by atoms with Crippen LogP contribution in [0, 0.1) is 21.4 Å². The predicted octanol–water partition coefficient (Wildman–Crippen LogP) is 3.25. The molecule has 0 unspecified atom stereocenters. The second-order valence-corrected chi connectivity index (χ2v) is 4.23. The number of hydrogen-bond donors (Lipinski definition) is 0. The maximum absolute atomic E-state index is 10.5. The van der Waals surface area contributed by atoms with Crippen LogP contribution in [-0.2, 0) is 12.8 Å². The van der Waals surface area contributed by atoms with E-state index in [0.29, 0.717) is 5.56 Å². The molecular weight excluding hydrogens is 240 g/mol. The van der Waals surface area contributed by atoms with Gasteiger partial charge in [-0.3, -0.25) is 10.1 Å². The standard InChI is InChI=1S/C15H12N2O2/c16-11-14-5-3-12(4-6-14)1-2-13-7-9-15(10-8-13)17(18)19/h3-10H,1-2H2. The van der Waals surface area contributed by atoms with Crippen molar-refractivity contribution in [2.24, 2.45) is 0 Å². The lowest BCUT2D eigenvalue weighted by Crippen LogP contribution is -1.93. The van der Waals surface area contributed by atoms with Crippen LogP contribution >= 0.6 is 0 Å². The maximum atomic E-state index is 10.5. The summed E-state index contributed by atoms with van der Waals surface area (Å²) < 4.78 is 0. The van der Waals surface area contributed by atoms with E-state index in [-0.39, 0.29) is 5.69 Å². The molecule has 0 saturated heterocycles. The van der Waals surface area contributed by atoms with Gasteiger partial charge in [0, 0.05) is 12.1 Å². The largest absolute Gasteiger partial charge is 0.269 e. The minimum Gasteiger partial charge on any atom is -0.258 e. The van der Waals surface area contributed by atoms with Crippen molar-refractivity contribution in [1.29, 1.82) is 5.26 Å². The predicted molar refractivity (Wildman–Crippen MR) is 71.7 cm³/mol. The third kappa shape index (κ3) is 3.39. The molecule has 94 valence electrons. The number of nitro groups is 1. The van der Waals surface area contributed by atoms with Crippen LogP contribution in [0.4, 0.5) is 5.69 Å². The molecule has 0 aliphatic carbocycles. The zero-order valence-electron chi connectivity index (χ0n) is 10.2. The van der Waals surface area contributed by atoms with Gasteiger partial charge in [-0.15, -0.1) is 0 Å². The third-order valence-corrected chi connectivity index (χ3v) is 2.93. The molecule has 2 rings (SSSR count). The Morgan fingerprint density at radius 2 is 1.42 bits per heavy atom. The number of aryl methyl sites for hydroxylation is 2. The van der Waals surface area contributed by atoms with Gasteiger partial charge in [0.1, 0.15) is 0 Å². The summed E-state index contributed by atoms with van der Waals surface area (Å²) in [6.45, 7) is 0. The van der Waals surface area contributed by atoms with Gasteiger partial charge >= 0.3 is 0 Å². The zero-order chi connectivity index (χ0) is 13.7. The van der Waals surface area contributed by atoms with Gasteiger partial charge in [0.2, 0.25) is 0 Å². The highest BCUT2D eigenvalue weighted by atomic mass is 16.6. The molecule has 2 aromatic rings. The highest BCUT2D eigenvalue weighted by Crippen LogP contribution is 2.14. The summed E-state index contributed by atoms with van der Waals surface area (Å²) in [4.78, 5) is 10.1. The first-order chi connectivity index (χ1) is 9.19. The maximum Gasteiger partial charge on any atom is 0.269 e. The summed E-state index contributed by atoms with van der Waals surface area (Å²) in [6.07, 6.45) is 1.67. The van der Waals surface area contributed by atoms with E-state index in [1.165, 1.54) is 12.1 Å². The lowest BCUT2D eigenvalue weighted by atomic mass is 10.0. The molecular formula is C15H12N2O2. The Morgan fingerprint density at radius 1 is 0.947 bits per heavy atom. The van der Waals surface area contributed by atoms with Gasteiger partial charge in [-0.05, 0) is 36.1 Å². The smallest absolute Gasteiger partial charge is 0.258 e. The lowest BCUT2D eigenvalue weighted by molar-refractivity contribution is -0.384. The summed E-state index contributed by atoms with van der Waals surface area (Å²) in [5.74, 6) is 0. The molecule has 0 atom stereocenters. The molecule has 4 nitrogen and oxygen atoms in total. The number of nitrogens with zero attached hydrogens (tertiary/aromatic N) is 2. The average Bonchev–Trinajstić information content (AvgIpc) is 2.46. The first-order valence-electron chi connectivity index (χ1n) is 5.91. The Hall–Kier alpha value is -2.67.